The normalized spacial score (nSPS) is 10.8. The third kappa shape index (κ3) is 3.70. The summed E-state index contributed by atoms with van der Waals surface area (Å²) < 4.78 is 3.65. The molecule has 0 fully saturated rings. The van der Waals surface area contributed by atoms with Crippen LogP contribution >= 0.6 is 0 Å². The highest BCUT2D eigenvalue weighted by atomic mass is 16.4. The Balaban J connectivity index is 1.55. The zero-order chi connectivity index (χ0) is 21.9. The van der Waals surface area contributed by atoms with Crippen LogP contribution < -0.4 is 4.90 Å². The molecular weight excluding hydrogens is 406 g/mol. The van der Waals surface area contributed by atoms with Crippen LogP contribution in [0.15, 0.2) is 98.1 Å². The highest BCUT2D eigenvalue weighted by Crippen LogP contribution is 2.35. The van der Waals surface area contributed by atoms with Crippen LogP contribution in [0.25, 0.3) is 11.4 Å². The van der Waals surface area contributed by atoms with Crippen LogP contribution in [0.1, 0.15) is 10.4 Å². The van der Waals surface area contributed by atoms with Gasteiger partial charge in [0, 0.05) is 28.4 Å². The van der Waals surface area contributed by atoms with Gasteiger partial charge in [-0.3, -0.25) is 9.13 Å². The molecule has 9 heteroatoms. The summed E-state index contributed by atoms with van der Waals surface area (Å²) in [6.07, 6.45) is 6.56. The van der Waals surface area contributed by atoms with Crippen LogP contribution in [0.5, 0.6) is 0 Å². The Kier molecular flexibility index (Phi) is 4.89. The minimum Gasteiger partial charge on any atom is -0.478 e. The van der Waals surface area contributed by atoms with E-state index in [0.717, 1.165) is 28.4 Å². The summed E-state index contributed by atoms with van der Waals surface area (Å²) >= 11 is 0. The maximum absolute atomic E-state index is 11.3. The summed E-state index contributed by atoms with van der Waals surface area (Å²) in [5.41, 5.74) is 4.78. The number of aromatic carboxylic acids is 1. The molecule has 0 spiro atoms. The first-order valence-electron chi connectivity index (χ1n) is 9.73. The Labute approximate surface area is 182 Å². The Morgan fingerprint density at radius 2 is 0.938 bits per heavy atom. The quantitative estimate of drug-likeness (QED) is 0.440. The van der Waals surface area contributed by atoms with Gasteiger partial charge in [-0.1, -0.05) is 0 Å². The van der Waals surface area contributed by atoms with Gasteiger partial charge in [0.2, 0.25) is 0 Å². The molecule has 0 unspecified atom stereocenters. The predicted octanol–water partition coefficient (Wildman–Crippen LogP) is 4.02. The van der Waals surface area contributed by atoms with Crippen molar-refractivity contribution < 1.29 is 9.90 Å². The number of carboxylic acid groups (broad SMARTS) is 1. The summed E-state index contributed by atoms with van der Waals surface area (Å²) in [6.45, 7) is 0. The van der Waals surface area contributed by atoms with Crippen LogP contribution in [0.4, 0.5) is 17.1 Å². The molecule has 0 aliphatic heterocycles. The predicted molar refractivity (Wildman–Crippen MR) is 118 cm³/mol. The number of carboxylic acids is 1. The monoisotopic (exact) mass is 423 g/mol. The summed E-state index contributed by atoms with van der Waals surface area (Å²) in [5.74, 6) is -0.959. The van der Waals surface area contributed by atoms with Gasteiger partial charge in [0.1, 0.15) is 25.3 Å². The summed E-state index contributed by atoms with van der Waals surface area (Å²) in [4.78, 5) is 13.3. The van der Waals surface area contributed by atoms with Gasteiger partial charge in [-0.15, -0.1) is 20.4 Å². The van der Waals surface area contributed by atoms with Gasteiger partial charge in [0.05, 0.1) is 5.56 Å². The number of nitrogens with zero attached hydrogens (tertiary/aromatic N) is 7. The number of anilines is 3. The van der Waals surface area contributed by atoms with Crippen molar-refractivity contribution in [2.24, 2.45) is 0 Å². The van der Waals surface area contributed by atoms with Gasteiger partial charge >= 0.3 is 5.97 Å². The third-order valence-corrected chi connectivity index (χ3v) is 5.02. The van der Waals surface area contributed by atoms with Crippen molar-refractivity contribution in [1.29, 1.82) is 0 Å². The number of aromatic nitrogens is 6. The lowest BCUT2D eigenvalue weighted by Gasteiger charge is -2.26. The topological polar surface area (TPSA) is 102 Å². The van der Waals surface area contributed by atoms with Crippen molar-refractivity contribution in [3.05, 3.63) is 104 Å². The molecule has 2 heterocycles. The summed E-state index contributed by atoms with van der Waals surface area (Å²) in [7, 11) is 0. The average molecular weight is 423 g/mol. The van der Waals surface area contributed by atoms with Crippen LogP contribution in [0.2, 0.25) is 0 Å². The van der Waals surface area contributed by atoms with Crippen molar-refractivity contribution in [3.63, 3.8) is 0 Å². The van der Waals surface area contributed by atoms with E-state index in [0.29, 0.717) is 0 Å². The zero-order valence-electron chi connectivity index (χ0n) is 16.7. The van der Waals surface area contributed by atoms with Gasteiger partial charge in [-0.2, -0.15) is 0 Å². The lowest BCUT2D eigenvalue weighted by molar-refractivity contribution is 0.0697. The first kappa shape index (κ1) is 19.2. The smallest absolute Gasteiger partial charge is 0.335 e. The van der Waals surface area contributed by atoms with Gasteiger partial charge in [-0.25, -0.2) is 4.79 Å². The van der Waals surface area contributed by atoms with E-state index in [-0.39, 0.29) is 5.56 Å². The van der Waals surface area contributed by atoms with Crippen LogP contribution in [-0.4, -0.2) is 40.6 Å². The standard InChI is InChI=1S/C23H17N7O2/c31-23(32)17-1-3-20(4-2-17)30(21-9-5-18(6-10-21)28-13-24-25-14-28)22-11-7-19(8-12-22)29-15-26-27-16-29/h1-16H,(H,31,32). The number of hydrogen-bond donors (Lipinski definition) is 1. The maximum Gasteiger partial charge on any atom is 0.335 e. The summed E-state index contributed by atoms with van der Waals surface area (Å²) in [6, 6.07) is 22.7. The molecule has 9 nitrogen and oxygen atoms in total. The molecule has 5 aromatic rings. The maximum atomic E-state index is 11.3. The lowest BCUT2D eigenvalue weighted by Crippen LogP contribution is -2.10. The third-order valence-electron chi connectivity index (χ3n) is 5.02. The molecule has 2 aromatic heterocycles. The molecule has 156 valence electrons. The fraction of sp³-hybridized carbons (Fsp3) is 0. The molecule has 0 bridgehead atoms. The number of rotatable bonds is 6. The van der Waals surface area contributed by atoms with Crippen molar-refractivity contribution >= 4 is 23.0 Å². The zero-order valence-corrected chi connectivity index (χ0v) is 16.7. The molecule has 0 saturated carbocycles. The fourth-order valence-corrected chi connectivity index (χ4v) is 3.42. The van der Waals surface area contributed by atoms with E-state index < -0.39 is 5.97 Å². The van der Waals surface area contributed by atoms with E-state index in [9.17, 15) is 9.90 Å². The second kappa shape index (κ2) is 8.15. The molecular formula is C23H17N7O2. The van der Waals surface area contributed by atoms with E-state index in [4.69, 9.17) is 0 Å². The van der Waals surface area contributed by atoms with Gasteiger partial charge in [0.25, 0.3) is 0 Å². The minimum absolute atomic E-state index is 0.236. The SMILES string of the molecule is O=C(O)c1ccc(N(c2ccc(-n3cnnc3)cc2)c2ccc(-n3cnnc3)cc2)cc1. The Hall–Kier alpha value is -4.79. The van der Waals surface area contributed by atoms with E-state index in [2.05, 4.69) is 25.3 Å². The molecule has 0 aliphatic carbocycles. The molecule has 0 atom stereocenters. The number of carbonyl (C=O) groups is 1. The Morgan fingerprint density at radius 3 is 1.28 bits per heavy atom. The molecule has 1 N–H and O–H groups in total. The van der Waals surface area contributed by atoms with Crippen molar-refractivity contribution in [2.75, 3.05) is 4.90 Å². The van der Waals surface area contributed by atoms with E-state index in [1.165, 1.54) is 0 Å². The van der Waals surface area contributed by atoms with Crippen LogP contribution in [-0.2, 0) is 0 Å². The number of hydrogen-bond acceptors (Lipinski definition) is 6. The highest BCUT2D eigenvalue weighted by molar-refractivity contribution is 5.88. The van der Waals surface area contributed by atoms with Crippen LogP contribution in [0.3, 0.4) is 0 Å². The first-order chi connectivity index (χ1) is 15.7. The largest absolute Gasteiger partial charge is 0.478 e. The molecule has 32 heavy (non-hydrogen) atoms. The summed E-state index contributed by atoms with van der Waals surface area (Å²) in [5, 5.41) is 24.6. The van der Waals surface area contributed by atoms with E-state index >= 15 is 0 Å². The fourth-order valence-electron chi connectivity index (χ4n) is 3.42. The second-order valence-corrected chi connectivity index (χ2v) is 6.96. The molecule has 0 aliphatic rings. The van der Waals surface area contributed by atoms with Crippen molar-refractivity contribution in [1.82, 2.24) is 29.5 Å². The van der Waals surface area contributed by atoms with Gasteiger partial charge in [-0.05, 0) is 72.8 Å². The van der Waals surface area contributed by atoms with Crippen molar-refractivity contribution in [2.45, 2.75) is 0 Å². The molecule has 0 amide bonds. The van der Waals surface area contributed by atoms with Gasteiger partial charge in [0.15, 0.2) is 0 Å². The Bertz CT molecular complexity index is 1240. The minimum atomic E-state index is -0.959. The number of benzene rings is 3. The van der Waals surface area contributed by atoms with Crippen molar-refractivity contribution in [3.8, 4) is 11.4 Å². The van der Waals surface area contributed by atoms with Crippen LogP contribution in [0, 0.1) is 0 Å². The molecule has 0 saturated heterocycles. The van der Waals surface area contributed by atoms with E-state index in [1.54, 1.807) is 49.6 Å². The highest BCUT2D eigenvalue weighted by Gasteiger charge is 2.14. The second-order valence-electron chi connectivity index (χ2n) is 6.96. The average Bonchev–Trinajstić information content (AvgIpc) is 3.55. The van der Waals surface area contributed by atoms with E-state index in [1.807, 2.05) is 57.7 Å². The molecule has 0 radical (unpaired) electrons. The first-order valence-corrected chi connectivity index (χ1v) is 9.73. The Morgan fingerprint density at radius 1 is 0.594 bits per heavy atom. The van der Waals surface area contributed by atoms with Gasteiger partial charge < -0.3 is 10.0 Å². The lowest BCUT2D eigenvalue weighted by atomic mass is 10.1. The molecule has 5 rings (SSSR count). The molecule has 3 aromatic carbocycles.